The maximum absolute atomic E-state index is 11.8. The summed E-state index contributed by atoms with van der Waals surface area (Å²) in [6, 6.07) is 7.60. The van der Waals surface area contributed by atoms with Gasteiger partial charge >= 0.3 is 0 Å². The average Bonchev–Trinajstić information content (AvgIpc) is 2.47. The van der Waals surface area contributed by atoms with Crippen LogP contribution in [0.15, 0.2) is 24.3 Å². The maximum Gasteiger partial charge on any atom is 0.251 e. The van der Waals surface area contributed by atoms with Crippen LogP contribution in [0.25, 0.3) is 0 Å². The number of hydrogen-bond donors (Lipinski definition) is 2. The molecule has 0 saturated heterocycles. The van der Waals surface area contributed by atoms with Crippen LogP contribution in [0, 0.1) is 0 Å². The zero-order valence-corrected chi connectivity index (χ0v) is 12.2. The van der Waals surface area contributed by atoms with Gasteiger partial charge in [-0.05, 0) is 30.5 Å². The second-order valence-corrected chi connectivity index (χ2v) is 5.48. The lowest BCUT2D eigenvalue weighted by atomic mass is 9.76. The first-order valence-corrected chi connectivity index (χ1v) is 7.19. The van der Waals surface area contributed by atoms with Gasteiger partial charge in [0.05, 0.1) is 5.54 Å². The molecular weight excluding hydrogens is 252 g/mol. The summed E-state index contributed by atoms with van der Waals surface area (Å²) in [5.41, 5.74) is 1.36. The van der Waals surface area contributed by atoms with Crippen LogP contribution in [0.2, 0.25) is 0 Å². The van der Waals surface area contributed by atoms with E-state index >= 15 is 0 Å². The van der Waals surface area contributed by atoms with Crippen molar-refractivity contribution in [3.05, 3.63) is 35.4 Å². The Morgan fingerprint density at radius 2 is 1.85 bits per heavy atom. The number of nitrogens with one attached hydrogen (secondary N) is 2. The minimum atomic E-state index is -0.311. The van der Waals surface area contributed by atoms with Gasteiger partial charge in [0.15, 0.2) is 0 Å². The molecule has 0 aliphatic heterocycles. The van der Waals surface area contributed by atoms with Crippen molar-refractivity contribution < 1.29 is 9.59 Å². The third-order valence-electron chi connectivity index (χ3n) is 4.03. The molecule has 1 aromatic rings. The molecule has 1 aromatic carbocycles. The molecule has 0 atom stereocenters. The molecule has 1 fully saturated rings. The number of benzene rings is 1. The Bertz CT molecular complexity index is 505. The minimum absolute atomic E-state index is 0.0164. The minimum Gasteiger partial charge on any atom is -0.355 e. The number of carbonyl (C=O) groups excluding carboxylic acids is 2. The molecule has 1 saturated carbocycles. The molecular formula is C16H22N2O2. The lowest BCUT2D eigenvalue weighted by Gasteiger charge is -2.38. The molecule has 0 aromatic heterocycles. The number of hydrogen-bond acceptors (Lipinski definition) is 2. The highest BCUT2D eigenvalue weighted by molar-refractivity contribution is 5.94. The van der Waals surface area contributed by atoms with Gasteiger partial charge in [-0.2, -0.15) is 0 Å². The Hall–Kier alpha value is -1.84. The van der Waals surface area contributed by atoms with Crippen molar-refractivity contribution in [1.29, 1.82) is 0 Å². The van der Waals surface area contributed by atoms with Gasteiger partial charge in [0.2, 0.25) is 5.91 Å². The predicted octanol–water partition coefficient (Wildman–Crippen LogP) is 2.34. The molecule has 1 aliphatic rings. The third-order valence-corrected chi connectivity index (χ3v) is 4.03. The first kappa shape index (κ1) is 14.6. The molecule has 0 unspecified atom stereocenters. The van der Waals surface area contributed by atoms with Gasteiger partial charge in [0.1, 0.15) is 0 Å². The standard InChI is InChI=1S/C16H22N2O2/c1-12(19)18-16(9-4-3-5-10-16)14-8-6-7-13(11-14)15(20)17-2/h6-8,11H,3-5,9-10H2,1-2H3,(H,17,20)(H,18,19). The largest absolute Gasteiger partial charge is 0.355 e. The monoisotopic (exact) mass is 274 g/mol. The van der Waals surface area contributed by atoms with Crippen molar-refractivity contribution in [1.82, 2.24) is 10.6 Å². The summed E-state index contributed by atoms with van der Waals surface area (Å²) in [5, 5.41) is 5.76. The van der Waals surface area contributed by atoms with E-state index in [1.165, 1.54) is 6.42 Å². The van der Waals surface area contributed by atoms with Gasteiger partial charge in [-0.1, -0.05) is 31.4 Å². The van der Waals surface area contributed by atoms with Crippen LogP contribution >= 0.6 is 0 Å². The molecule has 0 spiro atoms. The highest BCUT2D eigenvalue weighted by atomic mass is 16.2. The second kappa shape index (κ2) is 6.07. The fourth-order valence-electron chi connectivity index (χ4n) is 3.08. The Labute approximate surface area is 119 Å². The van der Waals surface area contributed by atoms with Gasteiger partial charge in [-0.15, -0.1) is 0 Å². The van der Waals surface area contributed by atoms with E-state index in [0.29, 0.717) is 5.56 Å². The smallest absolute Gasteiger partial charge is 0.251 e. The number of rotatable bonds is 3. The van der Waals surface area contributed by atoms with Crippen molar-refractivity contribution in [2.75, 3.05) is 7.05 Å². The van der Waals surface area contributed by atoms with Crippen LogP contribution in [-0.4, -0.2) is 18.9 Å². The number of amides is 2. The topological polar surface area (TPSA) is 58.2 Å². The zero-order chi connectivity index (χ0) is 14.6. The van der Waals surface area contributed by atoms with Gasteiger partial charge in [-0.25, -0.2) is 0 Å². The molecule has 108 valence electrons. The summed E-state index contributed by atoms with van der Waals surface area (Å²) in [6.07, 6.45) is 5.28. The van der Waals surface area contributed by atoms with Crippen molar-refractivity contribution in [2.45, 2.75) is 44.6 Å². The average molecular weight is 274 g/mol. The van der Waals surface area contributed by atoms with Crippen LogP contribution in [0.3, 0.4) is 0 Å². The maximum atomic E-state index is 11.8. The van der Waals surface area contributed by atoms with Crippen LogP contribution in [0.1, 0.15) is 54.9 Å². The number of carbonyl (C=O) groups is 2. The summed E-state index contributed by atoms with van der Waals surface area (Å²) in [7, 11) is 1.62. The summed E-state index contributed by atoms with van der Waals surface area (Å²) in [4.78, 5) is 23.4. The molecule has 1 aliphatic carbocycles. The molecule has 4 heteroatoms. The molecule has 2 N–H and O–H groups in total. The summed E-state index contributed by atoms with van der Waals surface area (Å²) in [5.74, 6) is -0.113. The third kappa shape index (κ3) is 3.00. The lowest BCUT2D eigenvalue weighted by molar-refractivity contribution is -0.121. The molecule has 20 heavy (non-hydrogen) atoms. The first-order chi connectivity index (χ1) is 9.57. The lowest BCUT2D eigenvalue weighted by Crippen LogP contribution is -2.46. The molecule has 0 bridgehead atoms. The van der Waals surface area contributed by atoms with E-state index in [9.17, 15) is 9.59 Å². The summed E-state index contributed by atoms with van der Waals surface area (Å²) in [6.45, 7) is 1.55. The first-order valence-electron chi connectivity index (χ1n) is 7.19. The fraction of sp³-hybridized carbons (Fsp3) is 0.500. The van der Waals surface area contributed by atoms with E-state index in [-0.39, 0.29) is 17.4 Å². The normalized spacial score (nSPS) is 17.3. The van der Waals surface area contributed by atoms with E-state index < -0.39 is 0 Å². The Balaban J connectivity index is 2.38. The Kier molecular flexibility index (Phi) is 4.42. The van der Waals surface area contributed by atoms with Crippen LogP contribution < -0.4 is 10.6 Å². The Morgan fingerprint density at radius 1 is 1.15 bits per heavy atom. The Morgan fingerprint density at radius 3 is 2.45 bits per heavy atom. The van der Waals surface area contributed by atoms with Gasteiger partial charge in [0.25, 0.3) is 5.91 Å². The van der Waals surface area contributed by atoms with Crippen molar-refractivity contribution in [3.63, 3.8) is 0 Å². The van der Waals surface area contributed by atoms with Gasteiger partial charge in [-0.3, -0.25) is 9.59 Å². The van der Waals surface area contributed by atoms with Crippen molar-refractivity contribution >= 4 is 11.8 Å². The van der Waals surface area contributed by atoms with E-state index in [4.69, 9.17) is 0 Å². The van der Waals surface area contributed by atoms with Gasteiger partial charge < -0.3 is 10.6 Å². The summed E-state index contributed by atoms with van der Waals surface area (Å²) >= 11 is 0. The second-order valence-electron chi connectivity index (χ2n) is 5.48. The van der Waals surface area contributed by atoms with E-state index in [1.54, 1.807) is 20.0 Å². The summed E-state index contributed by atoms with van der Waals surface area (Å²) < 4.78 is 0. The SMILES string of the molecule is CNC(=O)c1cccc(C2(NC(C)=O)CCCCC2)c1. The van der Waals surface area contributed by atoms with Gasteiger partial charge in [0, 0.05) is 19.5 Å². The molecule has 2 rings (SSSR count). The van der Waals surface area contributed by atoms with Crippen molar-refractivity contribution in [2.24, 2.45) is 0 Å². The highest BCUT2D eigenvalue weighted by Crippen LogP contribution is 2.37. The van der Waals surface area contributed by atoms with Crippen LogP contribution in [0.5, 0.6) is 0 Å². The highest BCUT2D eigenvalue weighted by Gasteiger charge is 2.34. The van der Waals surface area contributed by atoms with E-state index in [1.807, 2.05) is 18.2 Å². The molecule has 2 amide bonds. The molecule has 0 heterocycles. The van der Waals surface area contributed by atoms with Crippen LogP contribution in [0.4, 0.5) is 0 Å². The molecule has 0 radical (unpaired) electrons. The van der Waals surface area contributed by atoms with E-state index in [2.05, 4.69) is 10.6 Å². The van der Waals surface area contributed by atoms with E-state index in [0.717, 1.165) is 31.2 Å². The zero-order valence-electron chi connectivity index (χ0n) is 12.2. The quantitative estimate of drug-likeness (QED) is 0.889. The molecule has 4 nitrogen and oxygen atoms in total. The predicted molar refractivity (Wildman–Crippen MR) is 78.4 cm³/mol. The van der Waals surface area contributed by atoms with Crippen LogP contribution in [-0.2, 0) is 10.3 Å². The van der Waals surface area contributed by atoms with Crippen molar-refractivity contribution in [3.8, 4) is 0 Å². The fourth-order valence-corrected chi connectivity index (χ4v) is 3.08.